The van der Waals surface area contributed by atoms with Gasteiger partial charge < -0.3 is 9.42 Å². The molecular formula is C14H21N5O. The summed E-state index contributed by atoms with van der Waals surface area (Å²) in [4.78, 5) is 14.9. The molecule has 0 N–H and O–H groups in total. The van der Waals surface area contributed by atoms with Gasteiger partial charge in [0.25, 0.3) is 0 Å². The second-order valence-corrected chi connectivity index (χ2v) is 5.30. The summed E-state index contributed by atoms with van der Waals surface area (Å²) >= 11 is 0. The minimum absolute atomic E-state index is 0.506. The van der Waals surface area contributed by atoms with Crippen molar-refractivity contribution in [3.05, 3.63) is 29.7 Å². The number of rotatable bonds is 6. The fourth-order valence-electron chi connectivity index (χ4n) is 1.80. The second-order valence-electron chi connectivity index (χ2n) is 5.30. The zero-order valence-corrected chi connectivity index (χ0v) is 12.5. The largest absolute Gasteiger partial charge is 0.339 e. The molecule has 0 bridgehead atoms. The minimum Gasteiger partial charge on any atom is -0.339 e. The Morgan fingerprint density at radius 2 is 1.95 bits per heavy atom. The second kappa shape index (κ2) is 6.45. The fraction of sp³-hybridized carbons (Fsp3) is 0.571. The predicted molar refractivity (Wildman–Crippen MR) is 76.4 cm³/mol. The van der Waals surface area contributed by atoms with Gasteiger partial charge in [0.15, 0.2) is 5.82 Å². The number of aromatic nitrogens is 4. The number of hydrogen-bond donors (Lipinski definition) is 0. The molecule has 2 rings (SSSR count). The van der Waals surface area contributed by atoms with Crippen LogP contribution in [0.5, 0.6) is 0 Å². The summed E-state index contributed by atoms with van der Waals surface area (Å²) in [5, 5.41) is 3.99. The Balaban J connectivity index is 1.99. The van der Waals surface area contributed by atoms with E-state index in [0.717, 1.165) is 18.4 Å². The van der Waals surface area contributed by atoms with Gasteiger partial charge in [0, 0.05) is 25.9 Å². The molecule has 2 heterocycles. The highest BCUT2D eigenvalue weighted by Crippen LogP contribution is 2.10. The number of hydrogen-bond acceptors (Lipinski definition) is 6. The van der Waals surface area contributed by atoms with Gasteiger partial charge in [-0.1, -0.05) is 25.9 Å². The van der Waals surface area contributed by atoms with Crippen molar-refractivity contribution in [2.24, 2.45) is 5.92 Å². The van der Waals surface area contributed by atoms with E-state index in [1.54, 1.807) is 0 Å². The van der Waals surface area contributed by atoms with Gasteiger partial charge in [-0.15, -0.1) is 0 Å². The van der Waals surface area contributed by atoms with Crippen molar-refractivity contribution >= 4 is 5.95 Å². The van der Waals surface area contributed by atoms with Crippen LogP contribution in [0.15, 0.2) is 16.9 Å². The van der Waals surface area contributed by atoms with Crippen molar-refractivity contribution in [2.75, 3.05) is 11.9 Å². The molecule has 0 saturated carbocycles. The van der Waals surface area contributed by atoms with Crippen LogP contribution in [-0.2, 0) is 19.4 Å². The van der Waals surface area contributed by atoms with Gasteiger partial charge in [0.05, 0.1) is 6.54 Å². The summed E-state index contributed by atoms with van der Waals surface area (Å²) in [6, 6.07) is 0. The first-order chi connectivity index (χ1) is 9.58. The number of anilines is 1. The van der Waals surface area contributed by atoms with E-state index in [0.29, 0.717) is 30.1 Å². The minimum atomic E-state index is 0.506. The third-order valence-corrected chi connectivity index (χ3v) is 2.91. The zero-order valence-electron chi connectivity index (χ0n) is 12.5. The lowest BCUT2D eigenvalue weighted by atomic mass is 10.1. The summed E-state index contributed by atoms with van der Waals surface area (Å²) in [5.41, 5.74) is 1.13. The standard InChI is InChI=1S/C14H21N5O/c1-5-11-7-15-14(16-8-11)19(4)9-12-17-13(20-18-12)6-10(2)3/h7-8,10H,5-6,9H2,1-4H3. The molecule has 20 heavy (non-hydrogen) atoms. The molecule has 0 saturated heterocycles. The van der Waals surface area contributed by atoms with E-state index < -0.39 is 0 Å². The van der Waals surface area contributed by atoms with Gasteiger partial charge in [-0.2, -0.15) is 4.98 Å². The summed E-state index contributed by atoms with van der Waals surface area (Å²) < 4.78 is 5.22. The molecule has 0 atom stereocenters. The molecule has 2 aromatic heterocycles. The van der Waals surface area contributed by atoms with Crippen LogP contribution in [-0.4, -0.2) is 27.2 Å². The third-order valence-electron chi connectivity index (χ3n) is 2.91. The van der Waals surface area contributed by atoms with Crippen molar-refractivity contribution in [1.29, 1.82) is 0 Å². The molecule has 0 aliphatic rings. The number of nitrogens with zero attached hydrogens (tertiary/aromatic N) is 5. The van der Waals surface area contributed by atoms with Crippen LogP contribution < -0.4 is 4.90 Å². The quantitative estimate of drug-likeness (QED) is 0.805. The van der Waals surface area contributed by atoms with Gasteiger partial charge in [-0.25, -0.2) is 9.97 Å². The van der Waals surface area contributed by atoms with E-state index in [9.17, 15) is 0 Å². The molecule has 0 spiro atoms. The SMILES string of the molecule is CCc1cnc(N(C)Cc2noc(CC(C)C)n2)nc1. The topological polar surface area (TPSA) is 67.9 Å². The lowest BCUT2D eigenvalue weighted by Gasteiger charge is -2.14. The van der Waals surface area contributed by atoms with Crippen LogP contribution in [0.1, 0.15) is 38.0 Å². The molecular weight excluding hydrogens is 254 g/mol. The zero-order chi connectivity index (χ0) is 14.5. The first-order valence-electron chi connectivity index (χ1n) is 6.92. The maximum Gasteiger partial charge on any atom is 0.226 e. The van der Waals surface area contributed by atoms with Gasteiger partial charge in [-0.3, -0.25) is 0 Å². The van der Waals surface area contributed by atoms with E-state index in [1.807, 2.05) is 24.3 Å². The van der Waals surface area contributed by atoms with Crippen molar-refractivity contribution in [3.8, 4) is 0 Å². The van der Waals surface area contributed by atoms with Crippen LogP contribution in [0.3, 0.4) is 0 Å². The molecule has 2 aromatic rings. The Kier molecular flexibility index (Phi) is 4.65. The van der Waals surface area contributed by atoms with Crippen LogP contribution in [0.2, 0.25) is 0 Å². The van der Waals surface area contributed by atoms with E-state index in [1.165, 1.54) is 0 Å². The Hall–Kier alpha value is -1.98. The van der Waals surface area contributed by atoms with Crippen molar-refractivity contribution in [3.63, 3.8) is 0 Å². The van der Waals surface area contributed by atoms with Gasteiger partial charge in [0.2, 0.25) is 11.8 Å². The molecule has 108 valence electrons. The van der Waals surface area contributed by atoms with Crippen LogP contribution in [0, 0.1) is 5.92 Å². The highest BCUT2D eigenvalue weighted by Gasteiger charge is 2.12. The van der Waals surface area contributed by atoms with Crippen LogP contribution in [0.4, 0.5) is 5.95 Å². The van der Waals surface area contributed by atoms with Crippen molar-refractivity contribution in [1.82, 2.24) is 20.1 Å². The van der Waals surface area contributed by atoms with E-state index >= 15 is 0 Å². The monoisotopic (exact) mass is 275 g/mol. The average molecular weight is 275 g/mol. The first-order valence-corrected chi connectivity index (χ1v) is 6.92. The summed E-state index contributed by atoms with van der Waals surface area (Å²) in [6.45, 7) is 6.86. The molecule has 6 nitrogen and oxygen atoms in total. The van der Waals surface area contributed by atoms with Gasteiger partial charge in [-0.05, 0) is 17.9 Å². The lowest BCUT2D eigenvalue weighted by Crippen LogP contribution is -2.20. The highest BCUT2D eigenvalue weighted by molar-refractivity contribution is 5.28. The first kappa shape index (κ1) is 14.4. The normalized spacial score (nSPS) is 11.1. The predicted octanol–water partition coefficient (Wildman–Crippen LogP) is 2.26. The van der Waals surface area contributed by atoms with Gasteiger partial charge >= 0.3 is 0 Å². The van der Waals surface area contributed by atoms with E-state index in [4.69, 9.17) is 4.52 Å². The highest BCUT2D eigenvalue weighted by atomic mass is 16.5. The summed E-state index contributed by atoms with van der Waals surface area (Å²) in [7, 11) is 1.92. The fourth-order valence-corrected chi connectivity index (χ4v) is 1.80. The molecule has 0 fully saturated rings. The summed E-state index contributed by atoms with van der Waals surface area (Å²) in [6.07, 6.45) is 5.43. The molecule has 0 aromatic carbocycles. The van der Waals surface area contributed by atoms with Gasteiger partial charge in [0.1, 0.15) is 0 Å². The Morgan fingerprint density at radius 1 is 1.25 bits per heavy atom. The number of aryl methyl sites for hydroxylation is 1. The Bertz CT molecular complexity index is 535. The maximum atomic E-state index is 5.22. The Morgan fingerprint density at radius 3 is 2.55 bits per heavy atom. The van der Waals surface area contributed by atoms with E-state index in [2.05, 4.69) is 40.9 Å². The van der Waals surface area contributed by atoms with Crippen molar-refractivity contribution in [2.45, 2.75) is 40.2 Å². The molecule has 0 radical (unpaired) electrons. The molecule has 6 heteroatoms. The van der Waals surface area contributed by atoms with Crippen molar-refractivity contribution < 1.29 is 4.52 Å². The smallest absolute Gasteiger partial charge is 0.226 e. The summed E-state index contributed by atoms with van der Waals surface area (Å²) in [5.74, 6) is 2.51. The van der Waals surface area contributed by atoms with Crippen LogP contribution >= 0.6 is 0 Å². The molecule has 0 unspecified atom stereocenters. The van der Waals surface area contributed by atoms with Crippen LogP contribution in [0.25, 0.3) is 0 Å². The molecule has 0 aliphatic heterocycles. The maximum absolute atomic E-state index is 5.22. The average Bonchev–Trinajstić information content (AvgIpc) is 2.85. The Labute approximate surface area is 119 Å². The van der Waals surface area contributed by atoms with E-state index in [-0.39, 0.29) is 0 Å². The molecule has 0 aliphatic carbocycles. The molecule has 0 amide bonds. The lowest BCUT2D eigenvalue weighted by molar-refractivity contribution is 0.358. The third kappa shape index (κ3) is 3.76.